The van der Waals surface area contributed by atoms with E-state index in [1.165, 1.54) is 0 Å². The Morgan fingerprint density at radius 2 is 2.25 bits per heavy atom. The highest BCUT2D eigenvalue weighted by Crippen LogP contribution is 2.14. The first-order chi connectivity index (χ1) is 7.45. The third-order valence-electron chi connectivity index (χ3n) is 2.38. The van der Waals surface area contributed by atoms with E-state index >= 15 is 0 Å². The molecule has 90 valence electrons. The molecule has 0 radical (unpaired) electrons. The van der Waals surface area contributed by atoms with Gasteiger partial charge in [0, 0.05) is 25.5 Å². The molecule has 0 aromatic carbocycles. The van der Waals surface area contributed by atoms with E-state index in [2.05, 4.69) is 15.6 Å². The number of amides is 1. The Kier molecular flexibility index (Phi) is 4.44. The minimum Gasteiger partial charge on any atom is -0.359 e. The molecule has 0 aliphatic rings. The Balaban J connectivity index is 2.38. The van der Waals surface area contributed by atoms with Crippen molar-refractivity contribution in [1.82, 2.24) is 15.6 Å². The molecule has 4 nitrogen and oxygen atoms in total. The van der Waals surface area contributed by atoms with Crippen molar-refractivity contribution in [2.75, 3.05) is 13.6 Å². The molecular formula is C11H19N3OS. The molecule has 5 heteroatoms. The Morgan fingerprint density at radius 3 is 2.75 bits per heavy atom. The third-order valence-corrected chi connectivity index (χ3v) is 3.20. The van der Waals surface area contributed by atoms with Gasteiger partial charge < -0.3 is 10.6 Å². The van der Waals surface area contributed by atoms with E-state index in [0.717, 1.165) is 10.7 Å². The van der Waals surface area contributed by atoms with E-state index in [4.69, 9.17) is 0 Å². The molecule has 1 rings (SSSR count). The average Bonchev–Trinajstić information content (AvgIpc) is 2.62. The van der Waals surface area contributed by atoms with Crippen molar-refractivity contribution >= 4 is 17.2 Å². The van der Waals surface area contributed by atoms with Gasteiger partial charge in [-0.15, -0.1) is 11.3 Å². The lowest BCUT2D eigenvalue weighted by Gasteiger charge is -2.22. The molecule has 0 saturated carbocycles. The van der Waals surface area contributed by atoms with Gasteiger partial charge in [-0.25, -0.2) is 4.98 Å². The first-order valence-electron chi connectivity index (χ1n) is 5.29. The minimum atomic E-state index is -0.389. The quantitative estimate of drug-likeness (QED) is 0.817. The van der Waals surface area contributed by atoms with Crippen LogP contribution in [0.25, 0.3) is 0 Å². The highest BCUT2D eigenvalue weighted by atomic mass is 32.1. The van der Waals surface area contributed by atoms with Crippen LogP contribution in [0, 0.1) is 12.3 Å². The fraction of sp³-hybridized carbons (Fsp3) is 0.636. The minimum absolute atomic E-state index is 0.0504. The summed E-state index contributed by atoms with van der Waals surface area (Å²) >= 11 is 1.64. The zero-order valence-corrected chi connectivity index (χ0v) is 11.1. The van der Waals surface area contributed by atoms with Gasteiger partial charge in [-0.05, 0) is 20.8 Å². The first-order valence-corrected chi connectivity index (χ1v) is 6.17. The maximum atomic E-state index is 11.5. The summed E-state index contributed by atoms with van der Waals surface area (Å²) in [6, 6.07) is 0. The van der Waals surface area contributed by atoms with Crippen molar-refractivity contribution in [3.63, 3.8) is 0 Å². The summed E-state index contributed by atoms with van der Waals surface area (Å²) < 4.78 is 0. The molecule has 1 amide bonds. The van der Waals surface area contributed by atoms with Crippen LogP contribution in [0.2, 0.25) is 0 Å². The molecule has 2 N–H and O–H groups in total. The lowest BCUT2D eigenvalue weighted by molar-refractivity contribution is -0.128. The third kappa shape index (κ3) is 3.57. The number of aromatic nitrogens is 1. The van der Waals surface area contributed by atoms with Gasteiger partial charge in [-0.2, -0.15) is 0 Å². The number of hydrogen-bond acceptors (Lipinski definition) is 4. The van der Waals surface area contributed by atoms with Gasteiger partial charge in [-0.3, -0.25) is 4.79 Å². The second-order valence-electron chi connectivity index (χ2n) is 4.42. The van der Waals surface area contributed by atoms with Gasteiger partial charge in [0.05, 0.1) is 16.1 Å². The molecule has 0 fully saturated rings. The van der Waals surface area contributed by atoms with Gasteiger partial charge in [0.25, 0.3) is 0 Å². The first kappa shape index (κ1) is 13.1. The number of nitrogens with zero attached hydrogens (tertiary/aromatic N) is 1. The molecule has 1 heterocycles. The topological polar surface area (TPSA) is 54.0 Å². The Bertz CT molecular complexity index is 360. The lowest BCUT2D eigenvalue weighted by atomic mass is 9.92. The number of carbonyl (C=O) groups is 1. The Morgan fingerprint density at radius 1 is 1.56 bits per heavy atom. The number of thiazole rings is 1. The van der Waals surface area contributed by atoms with Gasteiger partial charge in [0.2, 0.25) is 5.91 Å². The monoisotopic (exact) mass is 241 g/mol. The molecule has 0 spiro atoms. The summed E-state index contributed by atoms with van der Waals surface area (Å²) in [5.74, 6) is 0.0504. The van der Waals surface area contributed by atoms with E-state index in [1.54, 1.807) is 18.4 Å². The van der Waals surface area contributed by atoms with E-state index in [-0.39, 0.29) is 11.3 Å². The Hall–Kier alpha value is -0.940. The van der Waals surface area contributed by atoms with Crippen LogP contribution < -0.4 is 10.6 Å². The predicted octanol–water partition coefficient (Wildman–Crippen LogP) is 1.31. The smallest absolute Gasteiger partial charge is 0.226 e. The molecule has 1 aromatic rings. The summed E-state index contributed by atoms with van der Waals surface area (Å²) in [6.45, 7) is 7.19. The summed E-state index contributed by atoms with van der Waals surface area (Å²) in [5.41, 5.74) is 0.648. The highest BCUT2D eigenvalue weighted by Gasteiger charge is 2.25. The van der Waals surface area contributed by atoms with Crippen molar-refractivity contribution < 1.29 is 4.79 Å². The standard InChI is InChI=1S/C11H19N3OS/c1-8-14-9(6-16-8)5-13-7-11(2,3)10(15)12-4/h6,13H,5,7H2,1-4H3,(H,12,15). The lowest BCUT2D eigenvalue weighted by Crippen LogP contribution is -2.41. The van der Waals surface area contributed by atoms with Crippen molar-refractivity contribution in [3.05, 3.63) is 16.1 Å². The molecule has 1 aromatic heterocycles. The number of nitrogens with one attached hydrogen (secondary N) is 2. The molecule has 0 unspecified atom stereocenters. The molecule has 0 aliphatic heterocycles. The zero-order chi connectivity index (χ0) is 12.2. The fourth-order valence-corrected chi connectivity index (χ4v) is 2.02. The van der Waals surface area contributed by atoms with Crippen LogP contribution in [-0.2, 0) is 11.3 Å². The number of aryl methyl sites for hydroxylation is 1. The van der Waals surface area contributed by atoms with Gasteiger partial charge >= 0.3 is 0 Å². The van der Waals surface area contributed by atoms with Crippen LogP contribution in [0.3, 0.4) is 0 Å². The number of rotatable bonds is 5. The van der Waals surface area contributed by atoms with Gasteiger partial charge in [0.15, 0.2) is 0 Å². The van der Waals surface area contributed by atoms with Gasteiger partial charge in [-0.1, -0.05) is 0 Å². The second-order valence-corrected chi connectivity index (χ2v) is 5.49. The molecule has 0 saturated heterocycles. The zero-order valence-electron chi connectivity index (χ0n) is 10.3. The largest absolute Gasteiger partial charge is 0.359 e. The van der Waals surface area contributed by atoms with Gasteiger partial charge in [0.1, 0.15) is 0 Å². The molecule has 0 bridgehead atoms. The van der Waals surface area contributed by atoms with Crippen molar-refractivity contribution in [2.24, 2.45) is 5.41 Å². The van der Waals surface area contributed by atoms with Crippen molar-refractivity contribution in [1.29, 1.82) is 0 Å². The molecule has 16 heavy (non-hydrogen) atoms. The molecule has 0 atom stereocenters. The molecular weight excluding hydrogens is 222 g/mol. The maximum Gasteiger partial charge on any atom is 0.226 e. The average molecular weight is 241 g/mol. The maximum absolute atomic E-state index is 11.5. The summed E-state index contributed by atoms with van der Waals surface area (Å²) in [7, 11) is 1.66. The second kappa shape index (κ2) is 5.41. The van der Waals surface area contributed by atoms with Crippen LogP contribution in [0.15, 0.2) is 5.38 Å². The molecule has 0 aliphatic carbocycles. The van der Waals surface area contributed by atoms with E-state index < -0.39 is 0 Å². The van der Waals surface area contributed by atoms with Crippen LogP contribution in [0.4, 0.5) is 0 Å². The summed E-state index contributed by atoms with van der Waals surface area (Å²) in [5, 5.41) is 9.03. The summed E-state index contributed by atoms with van der Waals surface area (Å²) in [4.78, 5) is 15.9. The number of carbonyl (C=O) groups excluding carboxylic acids is 1. The normalized spacial score (nSPS) is 11.5. The van der Waals surface area contributed by atoms with E-state index in [0.29, 0.717) is 13.1 Å². The highest BCUT2D eigenvalue weighted by molar-refractivity contribution is 7.09. The van der Waals surface area contributed by atoms with Crippen LogP contribution >= 0.6 is 11.3 Å². The van der Waals surface area contributed by atoms with Crippen molar-refractivity contribution in [2.45, 2.75) is 27.3 Å². The Labute approximate surface area is 100 Å². The predicted molar refractivity (Wildman–Crippen MR) is 66.4 cm³/mol. The number of hydrogen-bond donors (Lipinski definition) is 2. The van der Waals surface area contributed by atoms with Crippen LogP contribution in [-0.4, -0.2) is 24.5 Å². The van der Waals surface area contributed by atoms with Crippen LogP contribution in [0.5, 0.6) is 0 Å². The van der Waals surface area contributed by atoms with E-state index in [9.17, 15) is 4.79 Å². The SMILES string of the molecule is CNC(=O)C(C)(C)CNCc1csc(C)n1. The fourth-order valence-electron chi connectivity index (χ4n) is 1.41. The summed E-state index contributed by atoms with van der Waals surface area (Å²) in [6.07, 6.45) is 0. The van der Waals surface area contributed by atoms with Crippen LogP contribution in [0.1, 0.15) is 24.5 Å². The van der Waals surface area contributed by atoms with E-state index in [1.807, 2.05) is 26.2 Å². The van der Waals surface area contributed by atoms with Crippen molar-refractivity contribution in [3.8, 4) is 0 Å².